The molecule has 0 aliphatic carbocycles. The minimum atomic E-state index is 0.715. The zero-order valence-electron chi connectivity index (χ0n) is 15.9. The van der Waals surface area contributed by atoms with Gasteiger partial charge in [0.1, 0.15) is 0 Å². The van der Waals surface area contributed by atoms with Gasteiger partial charge in [-0.15, -0.1) is 0 Å². The molecule has 0 atom stereocenters. The third-order valence-electron chi connectivity index (χ3n) is 4.38. The molecule has 2 heteroatoms. The van der Waals surface area contributed by atoms with Crippen LogP contribution in [0.15, 0.2) is 12.3 Å². The summed E-state index contributed by atoms with van der Waals surface area (Å²) < 4.78 is 5.33. The van der Waals surface area contributed by atoms with Crippen molar-refractivity contribution in [2.75, 3.05) is 13.2 Å². The molecular formula is C21H43NO. The average molecular weight is 326 g/mol. The topological polar surface area (TPSA) is 35.2 Å². The first-order valence-electron chi connectivity index (χ1n) is 10.4. The number of hydrogen-bond donors (Lipinski definition) is 1. The Hall–Kier alpha value is -0.500. The minimum absolute atomic E-state index is 0.715. The summed E-state index contributed by atoms with van der Waals surface area (Å²) in [6.07, 6.45) is 26.0. The molecule has 0 aromatic heterocycles. The highest BCUT2D eigenvalue weighted by Gasteiger charge is 1.93. The molecule has 2 N–H and O–H groups in total. The van der Waals surface area contributed by atoms with Crippen molar-refractivity contribution in [2.24, 2.45) is 5.73 Å². The highest BCUT2D eigenvalue weighted by atomic mass is 16.5. The first kappa shape index (κ1) is 22.5. The molecule has 138 valence electrons. The summed E-state index contributed by atoms with van der Waals surface area (Å²) in [4.78, 5) is 0. The van der Waals surface area contributed by atoms with Crippen molar-refractivity contribution >= 4 is 0 Å². The minimum Gasteiger partial charge on any atom is -0.501 e. The quantitative estimate of drug-likeness (QED) is 0.211. The summed E-state index contributed by atoms with van der Waals surface area (Å²) in [6, 6.07) is 0. The normalized spacial score (nSPS) is 11.4. The number of unbranched alkanes of at least 4 members (excludes halogenated alkanes) is 14. The summed E-state index contributed by atoms with van der Waals surface area (Å²) in [5, 5.41) is 0. The van der Waals surface area contributed by atoms with Crippen LogP contribution in [0, 0.1) is 0 Å². The summed E-state index contributed by atoms with van der Waals surface area (Å²) in [5.41, 5.74) is 5.40. The molecule has 2 nitrogen and oxygen atoms in total. The van der Waals surface area contributed by atoms with Crippen molar-refractivity contribution in [1.29, 1.82) is 0 Å². The van der Waals surface area contributed by atoms with E-state index in [0.717, 1.165) is 19.4 Å². The Labute approximate surface area is 146 Å². The Kier molecular flexibility index (Phi) is 21.0. The van der Waals surface area contributed by atoms with Gasteiger partial charge in [0.25, 0.3) is 0 Å². The summed E-state index contributed by atoms with van der Waals surface area (Å²) >= 11 is 0. The monoisotopic (exact) mass is 325 g/mol. The van der Waals surface area contributed by atoms with E-state index in [1.165, 1.54) is 89.9 Å². The molecule has 0 aliphatic rings. The van der Waals surface area contributed by atoms with E-state index in [9.17, 15) is 0 Å². The second-order valence-electron chi connectivity index (χ2n) is 6.77. The van der Waals surface area contributed by atoms with Gasteiger partial charge in [-0.05, 0) is 31.9 Å². The van der Waals surface area contributed by atoms with Gasteiger partial charge in [-0.3, -0.25) is 0 Å². The fraction of sp³-hybridized carbons (Fsp3) is 0.905. The molecule has 0 spiro atoms. The molecule has 0 aromatic carbocycles. The first-order chi connectivity index (χ1) is 11.4. The molecular weight excluding hydrogens is 282 g/mol. The zero-order chi connectivity index (χ0) is 16.8. The van der Waals surface area contributed by atoms with E-state index in [4.69, 9.17) is 10.5 Å². The largest absolute Gasteiger partial charge is 0.501 e. The van der Waals surface area contributed by atoms with Gasteiger partial charge in [0.15, 0.2) is 0 Å². The summed E-state index contributed by atoms with van der Waals surface area (Å²) in [7, 11) is 0. The number of allylic oxidation sites excluding steroid dienone is 1. The van der Waals surface area contributed by atoms with E-state index >= 15 is 0 Å². The van der Waals surface area contributed by atoms with E-state index < -0.39 is 0 Å². The van der Waals surface area contributed by atoms with Gasteiger partial charge in [-0.2, -0.15) is 0 Å². The van der Waals surface area contributed by atoms with Crippen LogP contribution in [0.5, 0.6) is 0 Å². The number of rotatable bonds is 19. The molecule has 0 amide bonds. The lowest BCUT2D eigenvalue weighted by Gasteiger charge is -2.03. The van der Waals surface area contributed by atoms with Crippen LogP contribution in [-0.4, -0.2) is 13.2 Å². The predicted octanol–water partition coefficient (Wildman–Crippen LogP) is 6.74. The van der Waals surface area contributed by atoms with Crippen molar-refractivity contribution in [3.63, 3.8) is 0 Å². The molecule has 0 heterocycles. The maximum Gasteiger partial charge on any atom is 0.0885 e. The molecule has 0 aliphatic heterocycles. The molecule has 0 radical (unpaired) electrons. The summed E-state index contributed by atoms with van der Waals surface area (Å²) in [5.74, 6) is 0. The van der Waals surface area contributed by atoms with Crippen LogP contribution < -0.4 is 5.73 Å². The summed E-state index contributed by atoms with van der Waals surface area (Å²) in [6.45, 7) is 3.76. The van der Waals surface area contributed by atoms with Gasteiger partial charge >= 0.3 is 0 Å². The van der Waals surface area contributed by atoms with E-state index in [1.54, 1.807) is 0 Å². The number of ether oxygens (including phenoxy) is 1. The van der Waals surface area contributed by atoms with Crippen molar-refractivity contribution in [2.45, 2.75) is 110 Å². The Balaban J connectivity index is 3.00. The fourth-order valence-corrected chi connectivity index (χ4v) is 2.83. The fourth-order valence-electron chi connectivity index (χ4n) is 2.83. The van der Waals surface area contributed by atoms with Gasteiger partial charge in [-0.25, -0.2) is 0 Å². The van der Waals surface area contributed by atoms with Gasteiger partial charge in [0, 0.05) is 0 Å². The Morgan fingerprint density at radius 1 is 0.652 bits per heavy atom. The molecule has 0 bridgehead atoms. The highest BCUT2D eigenvalue weighted by molar-refractivity contribution is 4.73. The Morgan fingerprint density at radius 3 is 1.61 bits per heavy atom. The van der Waals surface area contributed by atoms with Crippen LogP contribution in [0.1, 0.15) is 110 Å². The first-order valence-corrected chi connectivity index (χ1v) is 10.4. The van der Waals surface area contributed by atoms with Gasteiger partial charge < -0.3 is 10.5 Å². The Morgan fingerprint density at radius 2 is 1.13 bits per heavy atom. The van der Waals surface area contributed by atoms with E-state index in [0.29, 0.717) is 6.54 Å². The van der Waals surface area contributed by atoms with Crippen LogP contribution in [0.4, 0.5) is 0 Å². The number of nitrogens with two attached hydrogens (primary N) is 1. The van der Waals surface area contributed by atoms with E-state index in [2.05, 4.69) is 13.0 Å². The van der Waals surface area contributed by atoms with Crippen LogP contribution >= 0.6 is 0 Å². The Bertz CT molecular complexity index is 228. The van der Waals surface area contributed by atoms with Crippen LogP contribution in [0.3, 0.4) is 0 Å². The molecule has 0 saturated heterocycles. The van der Waals surface area contributed by atoms with Gasteiger partial charge in [0.2, 0.25) is 0 Å². The lowest BCUT2D eigenvalue weighted by atomic mass is 10.0. The van der Waals surface area contributed by atoms with Crippen LogP contribution in [-0.2, 0) is 4.74 Å². The second-order valence-corrected chi connectivity index (χ2v) is 6.77. The van der Waals surface area contributed by atoms with Crippen molar-refractivity contribution < 1.29 is 4.74 Å². The smallest absolute Gasteiger partial charge is 0.0885 e. The van der Waals surface area contributed by atoms with Crippen molar-refractivity contribution in [1.82, 2.24) is 0 Å². The van der Waals surface area contributed by atoms with E-state index in [-0.39, 0.29) is 0 Å². The third kappa shape index (κ3) is 21.5. The average Bonchev–Trinajstić information content (AvgIpc) is 2.57. The molecule has 0 unspecified atom stereocenters. The number of hydrogen-bond acceptors (Lipinski definition) is 2. The SMILES string of the molecule is CCCCCCCCCCCCCCCCC=COCCCN. The van der Waals surface area contributed by atoms with Crippen LogP contribution in [0.25, 0.3) is 0 Å². The molecule has 0 saturated carbocycles. The maximum atomic E-state index is 5.40. The predicted molar refractivity (Wildman–Crippen MR) is 104 cm³/mol. The molecule has 23 heavy (non-hydrogen) atoms. The van der Waals surface area contributed by atoms with Crippen molar-refractivity contribution in [3.05, 3.63) is 12.3 Å². The highest BCUT2D eigenvalue weighted by Crippen LogP contribution is 2.13. The lowest BCUT2D eigenvalue weighted by Crippen LogP contribution is -2.01. The molecule has 0 rings (SSSR count). The van der Waals surface area contributed by atoms with E-state index in [1.807, 2.05) is 6.26 Å². The van der Waals surface area contributed by atoms with Gasteiger partial charge in [-0.1, -0.05) is 90.4 Å². The zero-order valence-corrected chi connectivity index (χ0v) is 15.9. The maximum absolute atomic E-state index is 5.40. The lowest BCUT2D eigenvalue weighted by molar-refractivity contribution is 0.246. The van der Waals surface area contributed by atoms with Gasteiger partial charge in [0.05, 0.1) is 12.9 Å². The van der Waals surface area contributed by atoms with Crippen LogP contribution in [0.2, 0.25) is 0 Å². The molecule has 0 aromatic rings. The molecule has 0 fully saturated rings. The second kappa shape index (κ2) is 21.5. The standard InChI is InChI=1S/C21H43NO/c1-2-3-4-5-6-7-8-9-10-11-12-13-14-15-16-17-20-23-21-18-19-22/h17,20H,2-16,18-19,21-22H2,1H3. The third-order valence-corrected chi connectivity index (χ3v) is 4.38. The van der Waals surface area contributed by atoms with Crippen molar-refractivity contribution in [3.8, 4) is 0 Å².